The quantitative estimate of drug-likeness (QED) is 0.784. The van der Waals surface area contributed by atoms with E-state index in [1.54, 1.807) is 24.8 Å². The Hall–Kier alpha value is -2.15. The molecule has 0 fully saturated rings. The Bertz CT molecular complexity index is 681. The zero-order valence-corrected chi connectivity index (χ0v) is 11.1. The molecule has 1 N–H and O–H groups in total. The Morgan fingerprint density at radius 3 is 3.00 bits per heavy atom. The van der Waals surface area contributed by atoms with Crippen molar-refractivity contribution < 1.29 is 0 Å². The Kier molecular flexibility index (Phi) is 3.28. The molecule has 3 rings (SSSR count). The molecule has 0 saturated carbocycles. The number of hydrogen-bond acceptors (Lipinski definition) is 6. The third-order valence-corrected chi connectivity index (χ3v) is 3.33. The van der Waals surface area contributed by atoms with Gasteiger partial charge in [-0.2, -0.15) is 0 Å². The normalized spacial score (nSPS) is 10.8. The SMILES string of the molecule is CCNc1cn2ccnc2c(Sc2cnccn2)n1. The molecule has 96 valence electrons. The van der Waals surface area contributed by atoms with Gasteiger partial charge < -0.3 is 9.72 Å². The van der Waals surface area contributed by atoms with Crippen LogP contribution in [0.2, 0.25) is 0 Å². The Labute approximate surface area is 114 Å². The van der Waals surface area contributed by atoms with Crippen molar-refractivity contribution in [2.45, 2.75) is 17.0 Å². The van der Waals surface area contributed by atoms with Gasteiger partial charge in [-0.3, -0.25) is 4.98 Å². The van der Waals surface area contributed by atoms with E-state index in [2.05, 4.69) is 25.3 Å². The lowest BCUT2D eigenvalue weighted by molar-refractivity contribution is 1.00. The van der Waals surface area contributed by atoms with Crippen LogP contribution in [0.1, 0.15) is 6.92 Å². The smallest absolute Gasteiger partial charge is 0.170 e. The number of fused-ring (bicyclic) bond motifs is 1. The van der Waals surface area contributed by atoms with E-state index < -0.39 is 0 Å². The fraction of sp³-hybridized carbons (Fsp3) is 0.167. The zero-order valence-electron chi connectivity index (χ0n) is 10.3. The summed E-state index contributed by atoms with van der Waals surface area (Å²) in [5, 5.41) is 4.82. The van der Waals surface area contributed by atoms with Gasteiger partial charge in [0.2, 0.25) is 0 Å². The number of imidazole rings is 1. The van der Waals surface area contributed by atoms with Crippen LogP contribution < -0.4 is 5.32 Å². The largest absolute Gasteiger partial charge is 0.369 e. The minimum absolute atomic E-state index is 0.800. The van der Waals surface area contributed by atoms with Crippen molar-refractivity contribution in [2.75, 3.05) is 11.9 Å². The predicted octanol–water partition coefficient (Wildman–Crippen LogP) is 2.10. The maximum Gasteiger partial charge on any atom is 0.170 e. The van der Waals surface area contributed by atoms with Crippen LogP contribution >= 0.6 is 11.8 Å². The van der Waals surface area contributed by atoms with E-state index >= 15 is 0 Å². The molecule has 0 unspecified atom stereocenters. The topological polar surface area (TPSA) is 68.0 Å². The van der Waals surface area contributed by atoms with Gasteiger partial charge in [-0.15, -0.1) is 0 Å². The highest BCUT2D eigenvalue weighted by molar-refractivity contribution is 7.99. The monoisotopic (exact) mass is 272 g/mol. The fourth-order valence-electron chi connectivity index (χ4n) is 1.67. The number of anilines is 1. The van der Waals surface area contributed by atoms with Gasteiger partial charge in [0, 0.05) is 31.3 Å². The van der Waals surface area contributed by atoms with Crippen molar-refractivity contribution in [3.8, 4) is 0 Å². The average molecular weight is 272 g/mol. The molecule has 0 aromatic carbocycles. The van der Waals surface area contributed by atoms with Crippen LogP contribution in [0.15, 0.2) is 47.2 Å². The summed E-state index contributed by atoms with van der Waals surface area (Å²) in [6, 6.07) is 0. The van der Waals surface area contributed by atoms with Crippen LogP contribution in [0.4, 0.5) is 5.82 Å². The van der Waals surface area contributed by atoms with Gasteiger partial charge in [-0.05, 0) is 18.7 Å². The summed E-state index contributed by atoms with van der Waals surface area (Å²) in [5.74, 6) is 0.819. The van der Waals surface area contributed by atoms with Crippen LogP contribution in [0, 0.1) is 0 Å². The second-order valence-corrected chi connectivity index (χ2v) is 4.77. The molecular weight excluding hydrogens is 260 g/mol. The summed E-state index contributed by atoms with van der Waals surface area (Å²) in [4.78, 5) is 17.2. The molecule has 19 heavy (non-hydrogen) atoms. The summed E-state index contributed by atoms with van der Waals surface area (Å²) in [5.41, 5.74) is 0.817. The van der Waals surface area contributed by atoms with E-state index in [0.717, 1.165) is 28.1 Å². The second-order valence-electron chi connectivity index (χ2n) is 3.77. The minimum Gasteiger partial charge on any atom is -0.369 e. The van der Waals surface area contributed by atoms with Crippen molar-refractivity contribution in [2.24, 2.45) is 0 Å². The first-order chi connectivity index (χ1) is 9.36. The van der Waals surface area contributed by atoms with Crippen molar-refractivity contribution in [1.82, 2.24) is 24.3 Å². The highest BCUT2D eigenvalue weighted by Crippen LogP contribution is 2.27. The van der Waals surface area contributed by atoms with Crippen molar-refractivity contribution in [3.05, 3.63) is 37.2 Å². The minimum atomic E-state index is 0.800. The van der Waals surface area contributed by atoms with Gasteiger partial charge in [0.15, 0.2) is 5.65 Å². The molecule has 0 atom stereocenters. The highest BCUT2D eigenvalue weighted by Gasteiger charge is 2.09. The lowest BCUT2D eigenvalue weighted by Gasteiger charge is -2.07. The molecule has 0 saturated heterocycles. The number of hydrogen-bond donors (Lipinski definition) is 1. The highest BCUT2D eigenvalue weighted by atomic mass is 32.2. The second kappa shape index (κ2) is 5.23. The molecule has 0 radical (unpaired) electrons. The molecule has 0 bridgehead atoms. The molecule has 3 aromatic rings. The first-order valence-electron chi connectivity index (χ1n) is 5.88. The summed E-state index contributed by atoms with van der Waals surface area (Å²) in [6.07, 6.45) is 10.6. The maximum absolute atomic E-state index is 4.56. The Balaban J connectivity index is 2.03. The van der Waals surface area contributed by atoms with Crippen LogP contribution in [0.25, 0.3) is 5.65 Å². The third-order valence-electron chi connectivity index (χ3n) is 2.44. The van der Waals surface area contributed by atoms with E-state index in [0.29, 0.717) is 0 Å². The first kappa shape index (κ1) is 11.9. The summed E-state index contributed by atoms with van der Waals surface area (Å²) < 4.78 is 1.95. The summed E-state index contributed by atoms with van der Waals surface area (Å²) >= 11 is 1.45. The maximum atomic E-state index is 4.56. The van der Waals surface area contributed by atoms with Crippen molar-refractivity contribution in [3.63, 3.8) is 0 Å². The molecule has 0 aliphatic rings. The number of aromatic nitrogens is 5. The molecular formula is C12H12N6S. The molecule has 0 spiro atoms. The Morgan fingerprint density at radius 1 is 1.26 bits per heavy atom. The summed E-state index contributed by atoms with van der Waals surface area (Å²) in [7, 11) is 0. The molecule has 0 aliphatic carbocycles. The van der Waals surface area contributed by atoms with E-state index in [-0.39, 0.29) is 0 Å². The van der Waals surface area contributed by atoms with Crippen LogP contribution in [0.5, 0.6) is 0 Å². The van der Waals surface area contributed by atoms with Gasteiger partial charge in [-0.1, -0.05) is 0 Å². The van der Waals surface area contributed by atoms with Gasteiger partial charge in [-0.25, -0.2) is 15.0 Å². The predicted molar refractivity (Wildman–Crippen MR) is 73.3 cm³/mol. The molecule has 0 aliphatic heterocycles. The number of nitrogens with one attached hydrogen (secondary N) is 1. The van der Waals surface area contributed by atoms with E-state index in [1.807, 2.05) is 23.7 Å². The van der Waals surface area contributed by atoms with E-state index in [4.69, 9.17) is 0 Å². The van der Waals surface area contributed by atoms with Crippen LogP contribution in [-0.4, -0.2) is 30.9 Å². The molecule has 3 aromatic heterocycles. The molecule has 6 nitrogen and oxygen atoms in total. The molecule has 3 heterocycles. The average Bonchev–Trinajstić information content (AvgIpc) is 2.89. The van der Waals surface area contributed by atoms with Gasteiger partial charge in [0.25, 0.3) is 0 Å². The fourth-order valence-corrected chi connectivity index (χ4v) is 2.49. The summed E-state index contributed by atoms with van der Waals surface area (Å²) in [6.45, 7) is 2.86. The van der Waals surface area contributed by atoms with Crippen LogP contribution in [-0.2, 0) is 0 Å². The standard InChI is InChI=1S/C12H12N6S/c1-2-14-9-8-18-6-5-16-11(18)12(17-9)19-10-7-13-3-4-15-10/h3-8,14H,2H2,1H3. The van der Waals surface area contributed by atoms with Gasteiger partial charge in [0.1, 0.15) is 15.9 Å². The van der Waals surface area contributed by atoms with E-state index in [9.17, 15) is 0 Å². The third kappa shape index (κ3) is 2.50. The lowest BCUT2D eigenvalue weighted by atomic mass is 10.6. The first-order valence-corrected chi connectivity index (χ1v) is 6.70. The van der Waals surface area contributed by atoms with E-state index in [1.165, 1.54) is 11.8 Å². The van der Waals surface area contributed by atoms with Crippen molar-refractivity contribution >= 4 is 23.2 Å². The number of nitrogens with zero attached hydrogens (tertiary/aromatic N) is 5. The van der Waals surface area contributed by atoms with Gasteiger partial charge >= 0.3 is 0 Å². The number of rotatable bonds is 4. The van der Waals surface area contributed by atoms with Gasteiger partial charge in [0.05, 0.1) is 12.4 Å². The molecule has 0 amide bonds. The van der Waals surface area contributed by atoms with Crippen molar-refractivity contribution in [1.29, 1.82) is 0 Å². The lowest BCUT2D eigenvalue weighted by Crippen LogP contribution is -2.02. The van der Waals surface area contributed by atoms with Crippen LogP contribution in [0.3, 0.4) is 0 Å². The molecule has 7 heteroatoms. The Morgan fingerprint density at radius 2 is 2.21 bits per heavy atom. The zero-order chi connectivity index (χ0) is 13.1.